The summed E-state index contributed by atoms with van der Waals surface area (Å²) in [5.41, 5.74) is 0.275. The van der Waals surface area contributed by atoms with Crippen molar-refractivity contribution in [2.75, 3.05) is 37.6 Å². The Balaban J connectivity index is 1.60. The first-order chi connectivity index (χ1) is 14.8. The van der Waals surface area contributed by atoms with Crippen LogP contribution in [0.1, 0.15) is 24.1 Å². The van der Waals surface area contributed by atoms with Crippen molar-refractivity contribution in [1.29, 1.82) is 0 Å². The van der Waals surface area contributed by atoms with Crippen LogP contribution in [0.5, 0.6) is 0 Å². The molecule has 0 aliphatic carbocycles. The van der Waals surface area contributed by atoms with Crippen LogP contribution in [0, 0.1) is 6.92 Å². The molecule has 31 heavy (non-hydrogen) atoms. The molecule has 4 rings (SSSR count). The first kappa shape index (κ1) is 21.5. The maximum absolute atomic E-state index is 13.6. The minimum absolute atomic E-state index is 0.0122. The van der Waals surface area contributed by atoms with Gasteiger partial charge in [0.05, 0.1) is 17.9 Å². The molecule has 2 aromatic rings. The first-order valence-electron chi connectivity index (χ1n) is 10.1. The van der Waals surface area contributed by atoms with E-state index < -0.39 is 24.6 Å². The van der Waals surface area contributed by atoms with Gasteiger partial charge < -0.3 is 15.1 Å². The number of alkyl halides is 4. The van der Waals surface area contributed by atoms with E-state index in [4.69, 9.17) is 0 Å². The number of hydrogen-bond acceptors (Lipinski definition) is 6. The van der Waals surface area contributed by atoms with Gasteiger partial charge in [0.25, 0.3) is 12.9 Å². The number of aromatic nitrogens is 4. The molecule has 1 atom stereocenters. The molecule has 1 N–H and O–H groups in total. The Kier molecular flexibility index (Phi) is 6.08. The molecule has 2 aliphatic rings. The van der Waals surface area contributed by atoms with Crippen molar-refractivity contribution in [1.82, 2.24) is 30.0 Å². The highest BCUT2D eigenvalue weighted by Gasteiger charge is 2.38. The lowest BCUT2D eigenvalue weighted by Crippen LogP contribution is -2.53. The van der Waals surface area contributed by atoms with Gasteiger partial charge in [-0.3, -0.25) is 9.48 Å². The Morgan fingerprint density at radius 3 is 2.55 bits per heavy atom. The molecule has 0 aromatic carbocycles. The van der Waals surface area contributed by atoms with Gasteiger partial charge in [0, 0.05) is 50.0 Å². The van der Waals surface area contributed by atoms with Crippen molar-refractivity contribution in [2.24, 2.45) is 0 Å². The third-order valence-corrected chi connectivity index (χ3v) is 5.67. The summed E-state index contributed by atoms with van der Waals surface area (Å²) < 4.78 is 54.9. The van der Waals surface area contributed by atoms with E-state index in [1.807, 2.05) is 0 Å². The number of amides is 1. The maximum atomic E-state index is 13.6. The normalized spacial score (nSPS) is 19.3. The summed E-state index contributed by atoms with van der Waals surface area (Å²) in [4.78, 5) is 23.6. The topological polar surface area (TPSA) is 79.2 Å². The molecule has 0 unspecified atom stereocenters. The molecule has 12 heteroatoms. The van der Waals surface area contributed by atoms with Gasteiger partial charge in [-0.05, 0) is 13.3 Å². The van der Waals surface area contributed by atoms with Crippen LogP contribution in [0.2, 0.25) is 0 Å². The fourth-order valence-corrected chi connectivity index (χ4v) is 3.79. The number of anilines is 1. The van der Waals surface area contributed by atoms with Crippen molar-refractivity contribution in [3.8, 4) is 11.3 Å². The summed E-state index contributed by atoms with van der Waals surface area (Å²) in [5.74, 6) is -0.234. The molecule has 4 heterocycles. The summed E-state index contributed by atoms with van der Waals surface area (Å²) >= 11 is 0. The van der Waals surface area contributed by atoms with Crippen LogP contribution in [0.25, 0.3) is 11.3 Å². The number of piperazine rings is 1. The standard InChI is InChI=1S/C19H23F4N7O/c1-11-15(12-8-25-29(9-12)10-14(31)28-6-3-24-4-7-28)26-19(27-16(11)18(22)23)30-5-2-13(30)17(20)21/h8-9,13,17-18,24H,2-7,10H2,1H3/t13-/m1/s1. The van der Waals surface area contributed by atoms with Gasteiger partial charge in [0.2, 0.25) is 11.9 Å². The van der Waals surface area contributed by atoms with E-state index in [2.05, 4.69) is 20.4 Å². The van der Waals surface area contributed by atoms with Crippen LogP contribution >= 0.6 is 0 Å². The minimum Gasteiger partial charge on any atom is -0.339 e. The van der Waals surface area contributed by atoms with Crippen LogP contribution in [0.3, 0.4) is 0 Å². The van der Waals surface area contributed by atoms with E-state index in [0.29, 0.717) is 18.7 Å². The highest BCUT2D eigenvalue weighted by Crippen LogP contribution is 2.34. The highest BCUT2D eigenvalue weighted by atomic mass is 19.3. The van der Waals surface area contributed by atoms with Gasteiger partial charge >= 0.3 is 0 Å². The van der Waals surface area contributed by atoms with E-state index in [1.165, 1.54) is 22.7 Å². The van der Waals surface area contributed by atoms with Gasteiger partial charge in [-0.2, -0.15) is 5.10 Å². The summed E-state index contributed by atoms with van der Waals surface area (Å²) in [6, 6.07) is -1.08. The maximum Gasteiger partial charge on any atom is 0.280 e. The van der Waals surface area contributed by atoms with Crippen LogP contribution in [-0.2, 0) is 11.3 Å². The lowest BCUT2D eigenvalue weighted by Gasteiger charge is -2.40. The van der Waals surface area contributed by atoms with Gasteiger partial charge in [-0.1, -0.05) is 0 Å². The smallest absolute Gasteiger partial charge is 0.280 e. The van der Waals surface area contributed by atoms with Crippen LogP contribution in [0.4, 0.5) is 23.5 Å². The average molecular weight is 441 g/mol. The minimum atomic E-state index is -2.88. The largest absolute Gasteiger partial charge is 0.339 e. The van der Waals surface area contributed by atoms with Crippen molar-refractivity contribution in [2.45, 2.75) is 38.8 Å². The molecule has 0 saturated carbocycles. The van der Waals surface area contributed by atoms with Gasteiger partial charge in [0.15, 0.2) is 0 Å². The van der Waals surface area contributed by atoms with Gasteiger partial charge in [-0.25, -0.2) is 27.5 Å². The molecule has 168 valence electrons. The number of carbonyl (C=O) groups is 1. The van der Waals surface area contributed by atoms with E-state index in [9.17, 15) is 22.4 Å². The quantitative estimate of drug-likeness (QED) is 0.690. The van der Waals surface area contributed by atoms with Gasteiger partial charge in [-0.15, -0.1) is 0 Å². The number of nitrogens with zero attached hydrogens (tertiary/aromatic N) is 6. The second-order valence-corrected chi connectivity index (χ2v) is 7.62. The third kappa shape index (κ3) is 4.34. The molecule has 2 saturated heterocycles. The Bertz CT molecular complexity index is 945. The number of nitrogens with one attached hydrogen (secondary N) is 1. The van der Waals surface area contributed by atoms with Crippen molar-refractivity contribution >= 4 is 11.9 Å². The average Bonchev–Trinajstić information content (AvgIpc) is 3.16. The van der Waals surface area contributed by atoms with E-state index >= 15 is 0 Å². The summed E-state index contributed by atoms with van der Waals surface area (Å²) in [6.07, 6.45) is -2.26. The van der Waals surface area contributed by atoms with Crippen molar-refractivity contribution < 1.29 is 22.4 Å². The monoisotopic (exact) mass is 441 g/mol. The number of hydrogen-bond donors (Lipinski definition) is 1. The molecule has 0 bridgehead atoms. The Morgan fingerprint density at radius 1 is 1.19 bits per heavy atom. The molecular weight excluding hydrogens is 418 g/mol. The summed E-state index contributed by atoms with van der Waals surface area (Å²) in [6.45, 7) is 4.43. The predicted octanol–water partition coefficient (Wildman–Crippen LogP) is 1.86. The van der Waals surface area contributed by atoms with E-state index in [-0.39, 0.29) is 42.6 Å². The fourth-order valence-electron chi connectivity index (χ4n) is 3.79. The van der Waals surface area contributed by atoms with Gasteiger partial charge in [0.1, 0.15) is 12.2 Å². The Hall–Kier alpha value is -2.76. The highest BCUT2D eigenvalue weighted by molar-refractivity contribution is 5.76. The van der Waals surface area contributed by atoms with Crippen LogP contribution in [0.15, 0.2) is 12.4 Å². The van der Waals surface area contributed by atoms with Crippen molar-refractivity contribution in [3.63, 3.8) is 0 Å². The Morgan fingerprint density at radius 2 is 1.94 bits per heavy atom. The van der Waals surface area contributed by atoms with E-state index in [1.54, 1.807) is 11.1 Å². The van der Waals surface area contributed by atoms with Crippen LogP contribution < -0.4 is 10.2 Å². The lowest BCUT2D eigenvalue weighted by atomic mass is 10.0. The van der Waals surface area contributed by atoms with Crippen LogP contribution in [-0.4, -0.2) is 75.7 Å². The molecular formula is C19H23F4N7O. The number of carbonyl (C=O) groups excluding carboxylic acids is 1. The third-order valence-electron chi connectivity index (χ3n) is 5.67. The molecule has 0 radical (unpaired) electrons. The fraction of sp³-hybridized carbons (Fsp3) is 0.579. The second-order valence-electron chi connectivity index (χ2n) is 7.62. The van der Waals surface area contributed by atoms with E-state index in [0.717, 1.165) is 13.1 Å². The first-order valence-corrected chi connectivity index (χ1v) is 10.1. The molecule has 0 spiro atoms. The Labute approximate surface area is 176 Å². The second kappa shape index (κ2) is 8.77. The molecule has 2 aliphatic heterocycles. The molecule has 8 nitrogen and oxygen atoms in total. The summed E-state index contributed by atoms with van der Waals surface area (Å²) in [7, 11) is 0. The van der Waals surface area contributed by atoms with Crippen molar-refractivity contribution in [3.05, 3.63) is 23.7 Å². The number of halogens is 4. The molecule has 1 amide bonds. The lowest BCUT2D eigenvalue weighted by molar-refractivity contribution is -0.132. The zero-order valence-corrected chi connectivity index (χ0v) is 16.9. The zero-order chi connectivity index (χ0) is 22.1. The SMILES string of the molecule is Cc1c(-c2cnn(CC(=O)N3CCNCC3)c2)nc(N2CC[C@@H]2C(F)F)nc1C(F)F. The number of rotatable bonds is 6. The molecule has 2 fully saturated rings. The predicted molar refractivity (Wildman–Crippen MR) is 104 cm³/mol. The zero-order valence-electron chi connectivity index (χ0n) is 16.9. The summed E-state index contributed by atoms with van der Waals surface area (Å²) in [5, 5.41) is 7.34. The molecule has 2 aromatic heterocycles.